The van der Waals surface area contributed by atoms with Crippen LogP contribution in [0.2, 0.25) is 18.1 Å². The molecule has 33 heavy (non-hydrogen) atoms. The maximum Gasteiger partial charge on any atom is 0.416 e. The molecule has 0 aliphatic rings. The molecule has 186 valence electrons. The van der Waals surface area contributed by atoms with E-state index in [0.717, 1.165) is 12.1 Å². The van der Waals surface area contributed by atoms with Gasteiger partial charge < -0.3 is 4.74 Å². The Balaban J connectivity index is 2.14. The van der Waals surface area contributed by atoms with Crippen molar-refractivity contribution < 1.29 is 26.3 Å². The highest BCUT2D eigenvalue weighted by Gasteiger charge is 2.43. The summed E-state index contributed by atoms with van der Waals surface area (Å²) in [4.78, 5) is 4.56. The van der Waals surface area contributed by atoms with Crippen LogP contribution < -0.4 is 10.2 Å². The number of hydrogen-bond acceptors (Lipinski definition) is 4. The van der Waals surface area contributed by atoms with Crippen molar-refractivity contribution in [2.24, 2.45) is 0 Å². The molecule has 6 nitrogen and oxygen atoms in total. The van der Waals surface area contributed by atoms with Crippen LogP contribution in [0.3, 0.4) is 0 Å². The van der Waals surface area contributed by atoms with Gasteiger partial charge in [-0.15, -0.1) is 0 Å². The maximum absolute atomic E-state index is 13.1. The predicted molar refractivity (Wildman–Crippen MR) is 127 cm³/mol. The third kappa shape index (κ3) is 6.18. The Hall–Kier alpha value is -1.85. The van der Waals surface area contributed by atoms with Gasteiger partial charge in [-0.05, 0) is 42.5 Å². The maximum atomic E-state index is 13.1. The Morgan fingerprint density at radius 3 is 2.30 bits per heavy atom. The van der Waals surface area contributed by atoms with Gasteiger partial charge in [0.25, 0.3) is 0 Å². The molecule has 0 amide bonds. The Kier molecular flexibility index (Phi) is 8.13. The van der Waals surface area contributed by atoms with Crippen molar-refractivity contribution in [1.82, 2.24) is 13.3 Å². The van der Waals surface area contributed by atoms with E-state index in [1.165, 1.54) is 34.5 Å². The highest BCUT2D eigenvalue weighted by atomic mass is 32.2. The summed E-state index contributed by atoms with van der Waals surface area (Å²) in [7, 11) is -3.01. The van der Waals surface area contributed by atoms with E-state index in [2.05, 4.69) is 38.8 Å². The molecular formula is C22H34F3N3O3SSi. The molecule has 1 aromatic heterocycles. The number of ether oxygens (including phenoxy) is 1. The van der Waals surface area contributed by atoms with E-state index in [4.69, 9.17) is 4.74 Å². The zero-order valence-corrected chi connectivity index (χ0v) is 22.1. The van der Waals surface area contributed by atoms with E-state index in [0.29, 0.717) is 30.4 Å². The normalized spacial score (nSPS) is 13.5. The van der Waals surface area contributed by atoms with Crippen LogP contribution >= 0.6 is 0 Å². The van der Waals surface area contributed by atoms with E-state index in [1.807, 2.05) is 0 Å². The molecule has 0 radical (unpaired) electrons. The van der Waals surface area contributed by atoms with Gasteiger partial charge in [-0.1, -0.05) is 39.9 Å². The average molecular weight is 506 g/mol. The molecule has 0 saturated heterocycles. The monoisotopic (exact) mass is 505 g/mol. The van der Waals surface area contributed by atoms with E-state index in [9.17, 15) is 21.6 Å². The molecule has 0 spiro atoms. The second kappa shape index (κ2) is 9.79. The van der Waals surface area contributed by atoms with Crippen LogP contribution in [0, 0.1) is 0 Å². The first-order valence-electron chi connectivity index (χ1n) is 10.8. The lowest BCUT2D eigenvalue weighted by atomic mass is 10.2. The van der Waals surface area contributed by atoms with Gasteiger partial charge >= 0.3 is 16.4 Å². The van der Waals surface area contributed by atoms with Gasteiger partial charge in [0.15, 0.2) is 0 Å². The number of rotatable bonds is 9. The van der Waals surface area contributed by atoms with Crippen LogP contribution in [-0.4, -0.2) is 50.5 Å². The molecule has 0 atom stereocenters. The lowest BCUT2D eigenvalue weighted by molar-refractivity contribution is -0.137. The molecule has 0 bridgehead atoms. The van der Waals surface area contributed by atoms with E-state index in [-0.39, 0.29) is 17.4 Å². The summed E-state index contributed by atoms with van der Waals surface area (Å²) in [6.07, 6.45) is -1.17. The van der Waals surface area contributed by atoms with Crippen molar-refractivity contribution in [3.63, 3.8) is 0 Å². The minimum Gasteiger partial charge on any atom is -0.494 e. The number of halogens is 3. The van der Waals surface area contributed by atoms with E-state index >= 15 is 0 Å². The third-order valence-corrected chi connectivity index (χ3v) is 13.3. The Morgan fingerprint density at radius 2 is 1.76 bits per heavy atom. The van der Waals surface area contributed by atoms with Gasteiger partial charge in [-0.3, -0.25) is 0 Å². The number of imidazole rings is 1. The largest absolute Gasteiger partial charge is 0.494 e. The second-order valence-electron chi connectivity index (χ2n) is 9.83. The topological polar surface area (TPSA) is 64.4 Å². The summed E-state index contributed by atoms with van der Waals surface area (Å²) in [5.41, 5.74) is 0.456. The molecule has 2 rings (SSSR count). The van der Waals surface area contributed by atoms with Crippen LogP contribution in [0.4, 0.5) is 13.2 Å². The van der Waals surface area contributed by atoms with Gasteiger partial charge in [0.2, 0.25) is 0 Å². The number of unbranched alkanes of at least 4 members (excludes halogenated alkanes) is 1. The van der Waals surface area contributed by atoms with Crippen molar-refractivity contribution in [3.05, 3.63) is 41.7 Å². The molecule has 0 fully saturated rings. The Bertz CT molecular complexity index is 1060. The fourth-order valence-electron chi connectivity index (χ4n) is 3.07. The average Bonchev–Trinajstić information content (AvgIpc) is 3.11. The molecule has 0 unspecified atom stereocenters. The number of hydrogen-bond donors (Lipinski definition) is 0. The first kappa shape index (κ1) is 27.4. The first-order valence-corrected chi connectivity index (χ1v) is 15.2. The van der Waals surface area contributed by atoms with Gasteiger partial charge in [0.05, 0.1) is 17.9 Å². The minimum absolute atomic E-state index is 0.103. The molecular weight excluding hydrogens is 471 g/mol. The molecule has 0 aliphatic heterocycles. The fraction of sp³-hybridized carbons (Fsp3) is 0.591. The SMILES string of the molecule is CN(C)S(=O)(=O)n1c(CCCCOc2cccc(C(F)(F)F)c2)cnc1[Si](C)(C)C(C)(C)C. The van der Waals surface area contributed by atoms with Gasteiger partial charge in [-0.2, -0.15) is 25.9 Å². The summed E-state index contributed by atoms with van der Waals surface area (Å²) in [6, 6.07) is 4.77. The molecule has 1 heterocycles. The highest BCUT2D eigenvalue weighted by Crippen LogP contribution is 2.36. The zero-order chi connectivity index (χ0) is 25.2. The summed E-state index contributed by atoms with van der Waals surface area (Å²) in [6.45, 7) is 10.8. The molecule has 1 aromatic carbocycles. The molecule has 2 aromatic rings. The third-order valence-electron chi connectivity index (χ3n) is 6.17. The minimum atomic E-state index is -4.42. The molecule has 11 heteroatoms. The summed E-state index contributed by atoms with van der Waals surface area (Å²) in [5, 5.41) is -0.103. The van der Waals surface area contributed by atoms with Crippen LogP contribution in [0.1, 0.15) is 44.9 Å². The van der Waals surface area contributed by atoms with Crippen LogP contribution in [-0.2, 0) is 22.8 Å². The van der Waals surface area contributed by atoms with Crippen molar-refractivity contribution in [2.75, 3.05) is 20.7 Å². The smallest absolute Gasteiger partial charge is 0.416 e. The van der Waals surface area contributed by atoms with Crippen LogP contribution in [0.25, 0.3) is 0 Å². The standard InChI is InChI=1S/C22H34F3N3O3SSi/c1-21(2,3)33(6,7)20-26-16-18(28(20)32(29,30)27(4)5)12-8-9-14-31-19-13-10-11-17(15-19)22(23,24)25/h10-11,13,15-16H,8-9,12,14H2,1-7H3. The molecule has 0 N–H and O–H groups in total. The predicted octanol–water partition coefficient (Wildman–Crippen LogP) is 4.67. The summed E-state index contributed by atoms with van der Waals surface area (Å²) < 4.78 is 72.9. The lowest BCUT2D eigenvalue weighted by Gasteiger charge is -2.36. The first-order chi connectivity index (χ1) is 15.0. The number of benzene rings is 1. The van der Waals surface area contributed by atoms with Crippen molar-refractivity contribution in [3.8, 4) is 5.75 Å². The Labute approximate surface area is 196 Å². The number of aryl methyl sites for hydroxylation is 1. The number of nitrogens with zero attached hydrogens (tertiary/aromatic N) is 3. The van der Waals surface area contributed by atoms with Gasteiger partial charge in [-0.25, -0.2) is 8.96 Å². The van der Waals surface area contributed by atoms with Crippen molar-refractivity contribution >= 4 is 23.7 Å². The summed E-state index contributed by atoms with van der Waals surface area (Å²) in [5.74, 6) is 0.158. The fourth-order valence-corrected chi connectivity index (χ4v) is 6.84. The second-order valence-corrected chi connectivity index (χ2v) is 17.0. The highest BCUT2D eigenvalue weighted by molar-refractivity contribution is 7.87. The summed E-state index contributed by atoms with van der Waals surface area (Å²) >= 11 is 0. The number of alkyl halides is 3. The van der Waals surface area contributed by atoms with Gasteiger partial charge in [0, 0.05) is 20.3 Å². The quantitative estimate of drug-likeness (QED) is 0.367. The van der Waals surface area contributed by atoms with E-state index < -0.39 is 30.0 Å². The van der Waals surface area contributed by atoms with Crippen molar-refractivity contribution in [2.45, 2.75) is 64.3 Å². The molecule has 0 saturated carbocycles. The zero-order valence-electron chi connectivity index (χ0n) is 20.3. The van der Waals surface area contributed by atoms with Gasteiger partial charge in [0.1, 0.15) is 19.3 Å². The Morgan fingerprint density at radius 1 is 1.12 bits per heavy atom. The van der Waals surface area contributed by atoms with E-state index in [1.54, 1.807) is 6.20 Å². The molecule has 0 aliphatic carbocycles. The van der Waals surface area contributed by atoms with Crippen LogP contribution in [0.5, 0.6) is 5.75 Å². The lowest BCUT2D eigenvalue weighted by Crippen LogP contribution is -2.56. The van der Waals surface area contributed by atoms with Crippen LogP contribution in [0.15, 0.2) is 30.5 Å². The number of aromatic nitrogens is 2. The van der Waals surface area contributed by atoms with Crippen molar-refractivity contribution in [1.29, 1.82) is 0 Å².